The van der Waals surface area contributed by atoms with Crippen molar-refractivity contribution in [3.8, 4) is 0 Å². The van der Waals surface area contributed by atoms with Gasteiger partial charge < -0.3 is 9.73 Å². The second-order valence-corrected chi connectivity index (χ2v) is 6.86. The molecule has 0 bridgehead atoms. The molecule has 0 spiro atoms. The van der Waals surface area contributed by atoms with Crippen molar-refractivity contribution in [3.05, 3.63) is 23.2 Å². The van der Waals surface area contributed by atoms with Crippen LogP contribution in [-0.2, 0) is 13.1 Å². The van der Waals surface area contributed by atoms with Gasteiger partial charge in [0.1, 0.15) is 11.5 Å². The summed E-state index contributed by atoms with van der Waals surface area (Å²) in [5.74, 6) is 2.96. The molecule has 2 rings (SSSR count). The maximum absolute atomic E-state index is 5.90. The normalized spacial score (nSPS) is 15.3. The third kappa shape index (κ3) is 5.48. The third-order valence-corrected chi connectivity index (χ3v) is 4.23. The second kappa shape index (κ2) is 8.00. The van der Waals surface area contributed by atoms with E-state index in [1.807, 2.05) is 0 Å². The fourth-order valence-electron chi connectivity index (χ4n) is 2.69. The van der Waals surface area contributed by atoms with Crippen LogP contribution in [0.5, 0.6) is 0 Å². The Morgan fingerprint density at radius 3 is 2.76 bits per heavy atom. The van der Waals surface area contributed by atoms with E-state index in [9.17, 15) is 0 Å². The maximum atomic E-state index is 5.90. The number of rotatable bonds is 10. The number of nitrogens with zero attached hydrogens (tertiary/aromatic N) is 1. The summed E-state index contributed by atoms with van der Waals surface area (Å²) in [5, 5.41) is 3.41. The zero-order chi connectivity index (χ0) is 15.2. The molecule has 0 atom stereocenters. The van der Waals surface area contributed by atoms with Crippen molar-refractivity contribution in [2.75, 3.05) is 13.1 Å². The second-order valence-electron chi connectivity index (χ2n) is 6.86. The first-order valence-electron chi connectivity index (χ1n) is 8.63. The summed E-state index contributed by atoms with van der Waals surface area (Å²) < 4.78 is 5.90. The van der Waals surface area contributed by atoms with Gasteiger partial charge in [-0.15, -0.1) is 0 Å². The van der Waals surface area contributed by atoms with Crippen molar-refractivity contribution in [2.24, 2.45) is 5.92 Å². The molecule has 1 aromatic heterocycles. The highest BCUT2D eigenvalue weighted by atomic mass is 16.3. The van der Waals surface area contributed by atoms with E-state index in [1.54, 1.807) is 0 Å². The van der Waals surface area contributed by atoms with E-state index in [-0.39, 0.29) is 0 Å². The molecule has 1 aliphatic rings. The molecule has 1 N–H and O–H groups in total. The van der Waals surface area contributed by atoms with Gasteiger partial charge in [-0.05, 0) is 57.7 Å². The molecule has 0 aliphatic heterocycles. The van der Waals surface area contributed by atoms with Gasteiger partial charge in [0.25, 0.3) is 0 Å². The summed E-state index contributed by atoms with van der Waals surface area (Å²) in [4.78, 5) is 2.65. The SMILES string of the molecule is CCCNCc1cc(CN(CCC(C)C)C2CC2)c(C)o1. The Kier molecular flexibility index (Phi) is 6.31. The summed E-state index contributed by atoms with van der Waals surface area (Å²) in [5.41, 5.74) is 1.37. The molecule has 0 radical (unpaired) electrons. The minimum absolute atomic E-state index is 0.783. The minimum atomic E-state index is 0.783. The van der Waals surface area contributed by atoms with Crippen molar-refractivity contribution in [3.63, 3.8) is 0 Å². The van der Waals surface area contributed by atoms with Crippen LogP contribution in [0, 0.1) is 12.8 Å². The fraction of sp³-hybridized carbons (Fsp3) is 0.778. The number of hydrogen-bond donors (Lipinski definition) is 1. The van der Waals surface area contributed by atoms with E-state index < -0.39 is 0 Å². The van der Waals surface area contributed by atoms with Crippen LogP contribution < -0.4 is 5.32 Å². The minimum Gasteiger partial charge on any atom is -0.465 e. The number of nitrogens with one attached hydrogen (secondary N) is 1. The van der Waals surface area contributed by atoms with Gasteiger partial charge in [0.05, 0.1) is 6.54 Å². The first-order valence-corrected chi connectivity index (χ1v) is 8.63. The van der Waals surface area contributed by atoms with Crippen molar-refractivity contribution < 1.29 is 4.42 Å². The molecule has 3 nitrogen and oxygen atoms in total. The van der Waals surface area contributed by atoms with Crippen LogP contribution in [0.1, 0.15) is 63.5 Å². The van der Waals surface area contributed by atoms with Crippen LogP contribution >= 0.6 is 0 Å². The molecular formula is C18H32N2O. The predicted octanol–water partition coefficient (Wildman–Crippen LogP) is 4.10. The van der Waals surface area contributed by atoms with Crippen LogP contribution in [-0.4, -0.2) is 24.0 Å². The Hall–Kier alpha value is -0.800. The van der Waals surface area contributed by atoms with Gasteiger partial charge in [-0.3, -0.25) is 4.90 Å². The predicted molar refractivity (Wildman–Crippen MR) is 88.3 cm³/mol. The lowest BCUT2D eigenvalue weighted by atomic mass is 10.1. The first-order chi connectivity index (χ1) is 10.1. The van der Waals surface area contributed by atoms with E-state index >= 15 is 0 Å². The molecule has 3 heteroatoms. The van der Waals surface area contributed by atoms with Crippen molar-refractivity contribution >= 4 is 0 Å². The molecule has 0 unspecified atom stereocenters. The van der Waals surface area contributed by atoms with Gasteiger partial charge in [-0.2, -0.15) is 0 Å². The zero-order valence-electron chi connectivity index (χ0n) is 14.2. The summed E-state index contributed by atoms with van der Waals surface area (Å²) >= 11 is 0. The highest BCUT2D eigenvalue weighted by molar-refractivity contribution is 5.21. The maximum Gasteiger partial charge on any atom is 0.118 e. The van der Waals surface area contributed by atoms with Crippen LogP contribution in [0.3, 0.4) is 0 Å². The van der Waals surface area contributed by atoms with E-state index in [0.717, 1.165) is 49.5 Å². The zero-order valence-corrected chi connectivity index (χ0v) is 14.2. The van der Waals surface area contributed by atoms with Crippen molar-refractivity contribution in [2.45, 2.75) is 72.5 Å². The smallest absolute Gasteiger partial charge is 0.118 e. The monoisotopic (exact) mass is 292 g/mol. The topological polar surface area (TPSA) is 28.4 Å². The van der Waals surface area contributed by atoms with Gasteiger partial charge in [0.2, 0.25) is 0 Å². The Morgan fingerprint density at radius 2 is 2.14 bits per heavy atom. The Morgan fingerprint density at radius 1 is 1.38 bits per heavy atom. The van der Waals surface area contributed by atoms with Gasteiger partial charge in [0.15, 0.2) is 0 Å². The number of hydrogen-bond acceptors (Lipinski definition) is 3. The number of furan rings is 1. The van der Waals surface area contributed by atoms with Crippen molar-refractivity contribution in [1.29, 1.82) is 0 Å². The highest BCUT2D eigenvalue weighted by Crippen LogP contribution is 2.30. The standard InChI is InChI=1S/C18H32N2O/c1-5-9-19-12-18-11-16(15(4)21-18)13-20(17-6-7-17)10-8-14(2)3/h11,14,17,19H,5-10,12-13H2,1-4H3. The molecule has 120 valence electrons. The molecule has 1 fully saturated rings. The molecule has 0 saturated heterocycles. The van der Waals surface area contributed by atoms with E-state index in [1.165, 1.54) is 31.4 Å². The molecular weight excluding hydrogens is 260 g/mol. The average molecular weight is 292 g/mol. The average Bonchev–Trinajstić information content (AvgIpc) is 3.21. The Bertz CT molecular complexity index is 421. The van der Waals surface area contributed by atoms with Crippen molar-refractivity contribution in [1.82, 2.24) is 10.2 Å². The van der Waals surface area contributed by atoms with Gasteiger partial charge in [0, 0.05) is 18.2 Å². The van der Waals surface area contributed by atoms with Gasteiger partial charge in [-0.1, -0.05) is 20.8 Å². The summed E-state index contributed by atoms with van der Waals surface area (Å²) in [6.07, 6.45) is 5.20. The third-order valence-electron chi connectivity index (χ3n) is 4.23. The first kappa shape index (κ1) is 16.6. The number of aryl methyl sites for hydroxylation is 1. The lowest BCUT2D eigenvalue weighted by Crippen LogP contribution is -2.27. The molecule has 21 heavy (non-hydrogen) atoms. The van der Waals surface area contributed by atoms with Crippen LogP contribution in [0.4, 0.5) is 0 Å². The van der Waals surface area contributed by atoms with Gasteiger partial charge >= 0.3 is 0 Å². The van der Waals surface area contributed by atoms with Gasteiger partial charge in [-0.25, -0.2) is 0 Å². The molecule has 1 aliphatic carbocycles. The van der Waals surface area contributed by atoms with E-state index in [0.29, 0.717) is 0 Å². The summed E-state index contributed by atoms with van der Waals surface area (Å²) in [7, 11) is 0. The summed E-state index contributed by atoms with van der Waals surface area (Å²) in [6.45, 7) is 13.1. The quantitative estimate of drug-likeness (QED) is 0.658. The van der Waals surface area contributed by atoms with E-state index in [4.69, 9.17) is 4.42 Å². The largest absolute Gasteiger partial charge is 0.465 e. The Balaban J connectivity index is 1.90. The van der Waals surface area contributed by atoms with Crippen LogP contribution in [0.2, 0.25) is 0 Å². The van der Waals surface area contributed by atoms with Crippen LogP contribution in [0.25, 0.3) is 0 Å². The molecule has 0 aromatic carbocycles. The van der Waals surface area contributed by atoms with E-state index in [2.05, 4.69) is 44.0 Å². The highest BCUT2D eigenvalue weighted by Gasteiger charge is 2.29. The van der Waals surface area contributed by atoms with Crippen LogP contribution in [0.15, 0.2) is 10.5 Å². The fourth-order valence-corrected chi connectivity index (χ4v) is 2.69. The molecule has 1 saturated carbocycles. The lowest BCUT2D eigenvalue weighted by molar-refractivity contribution is 0.238. The molecule has 1 aromatic rings. The molecule has 0 amide bonds. The Labute approximate surface area is 130 Å². The molecule has 1 heterocycles. The summed E-state index contributed by atoms with van der Waals surface area (Å²) in [6, 6.07) is 3.07. The lowest BCUT2D eigenvalue weighted by Gasteiger charge is -2.22.